The second kappa shape index (κ2) is 6.55. The van der Waals surface area contributed by atoms with Crippen LogP contribution >= 0.6 is 0 Å². The van der Waals surface area contributed by atoms with Crippen LogP contribution in [0.3, 0.4) is 0 Å². The predicted octanol–water partition coefficient (Wildman–Crippen LogP) is 4.53. The molecule has 150 valence electrons. The normalized spacial score (nSPS) is 16.0. The number of benzene rings is 3. The molecule has 0 aromatic heterocycles. The van der Waals surface area contributed by atoms with Crippen LogP contribution in [0.25, 0.3) is 0 Å². The van der Waals surface area contributed by atoms with E-state index in [2.05, 4.69) is 9.47 Å². The van der Waals surface area contributed by atoms with Crippen LogP contribution in [-0.4, -0.2) is 18.0 Å². The van der Waals surface area contributed by atoms with Crippen LogP contribution in [-0.2, 0) is 11.3 Å². The van der Waals surface area contributed by atoms with Gasteiger partial charge in [-0.15, -0.1) is 8.78 Å². The lowest BCUT2D eigenvalue weighted by Gasteiger charge is -2.17. The van der Waals surface area contributed by atoms with Crippen molar-refractivity contribution >= 4 is 17.4 Å². The Morgan fingerprint density at radius 2 is 1.57 bits per heavy atom. The molecule has 2 aliphatic heterocycles. The molecule has 0 radical (unpaired) electrons. The lowest BCUT2D eigenvalue weighted by molar-refractivity contribution is -0.286. The largest absolute Gasteiger partial charge is 0.586 e. The van der Waals surface area contributed by atoms with E-state index in [4.69, 9.17) is 4.74 Å². The lowest BCUT2D eigenvalue weighted by Crippen LogP contribution is -2.29. The van der Waals surface area contributed by atoms with E-state index in [0.29, 0.717) is 17.1 Å². The van der Waals surface area contributed by atoms with Gasteiger partial charge in [-0.3, -0.25) is 9.59 Å². The number of Topliss-reactive ketones (excluding diaryl/α,β-unsaturated/α-hetero) is 1. The van der Waals surface area contributed by atoms with Gasteiger partial charge in [0.05, 0.1) is 17.8 Å². The van der Waals surface area contributed by atoms with Gasteiger partial charge in [-0.05, 0) is 35.9 Å². The van der Waals surface area contributed by atoms with Crippen LogP contribution < -0.4 is 19.1 Å². The van der Waals surface area contributed by atoms with E-state index in [1.54, 1.807) is 24.3 Å². The fourth-order valence-electron chi connectivity index (χ4n) is 3.41. The van der Waals surface area contributed by atoms with Crippen molar-refractivity contribution in [1.29, 1.82) is 0 Å². The maximum absolute atomic E-state index is 13.3. The molecule has 1 amide bonds. The van der Waals surface area contributed by atoms with Gasteiger partial charge in [0.25, 0.3) is 11.7 Å². The van der Waals surface area contributed by atoms with E-state index in [1.807, 2.05) is 30.3 Å². The van der Waals surface area contributed by atoms with Crippen molar-refractivity contribution in [1.82, 2.24) is 0 Å². The molecule has 0 unspecified atom stereocenters. The summed E-state index contributed by atoms with van der Waals surface area (Å²) in [5.74, 6) is -0.839. The van der Waals surface area contributed by atoms with Crippen LogP contribution in [0.4, 0.5) is 14.5 Å². The molecule has 0 aliphatic carbocycles. The van der Waals surface area contributed by atoms with Crippen LogP contribution in [0, 0.1) is 0 Å². The number of ether oxygens (including phenoxy) is 3. The molecule has 0 bridgehead atoms. The molecule has 0 spiro atoms. The molecular weight excluding hydrogens is 396 g/mol. The maximum atomic E-state index is 13.3. The second-order valence-electron chi connectivity index (χ2n) is 6.77. The molecule has 3 aromatic carbocycles. The standard InChI is InChI=1S/C22H13F2NO5/c23-22(24)29-18-10-16-17(11-19(18)30-22)25(21(27)20(16)26)12-13-5-4-8-15(9-13)28-14-6-2-1-3-7-14/h1-11H,12H2. The van der Waals surface area contributed by atoms with E-state index in [9.17, 15) is 18.4 Å². The highest BCUT2D eigenvalue weighted by Crippen LogP contribution is 2.46. The minimum atomic E-state index is -3.81. The van der Waals surface area contributed by atoms with Gasteiger partial charge in [-0.2, -0.15) is 0 Å². The zero-order chi connectivity index (χ0) is 20.9. The Labute approximate surface area is 169 Å². The van der Waals surface area contributed by atoms with E-state index < -0.39 is 18.0 Å². The minimum Gasteiger partial charge on any atom is -0.457 e. The molecule has 0 atom stereocenters. The van der Waals surface area contributed by atoms with Crippen LogP contribution in [0.2, 0.25) is 0 Å². The molecule has 8 heteroatoms. The van der Waals surface area contributed by atoms with Crippen LogP contribution in [0.5, 0.6) is 23.0 Å². The van der Waals surface area contributed by atoms with E-state index in [1.165, 1.54) is 11.0 Å². The average Bonchev–Trinajstić information content (AvgIpc) is 3.14. The van der Waals surface area contributed by atoms with Gasteiger partial charge in [0.15, 0.2) is 11.5 Å². The number of anilines is 1. The molecule has 30 heavy (non-hydrogen) atoms. The monoisotopic (exact) mass is 409 g/mol. The molecular formula is C22H13F2NO5. The number of fused-ring (bicyclic) bond motifs is 2. The summed E-state index contributed by atoms with van der Waals surface area (Å²) in [6.07, 6.45) is -3.81. The molecule has 0 fully saturated rings. The van der Waals surface area contributed by atoms with Crippen molar-refractivity contribution < 1.29 is 32.6 Å². The van der Waals surface area contributed by atoms with Crippen molar-refractivity contribution in [2.24, 2.45) is 0 Å². The number of para-hydroxylation sites is 1. The van der Waals surface area contributed by atoms with Gasteiger partial charge in [-0.25, -0.2) is 0 Å². The Kier molecular flexibility index (Phi) is 3.95. The molecule has 0 N–H and O–H groups in total. The Morgan fingerprint density at radius 3 is 2.33 bits per heavy atom. The smallest absolute Gasteiger partial charge is 0.457 e. The van der Waals surface area contributed by atoms with E-state index in [-0.39, 0.29) is 29.3 Å². The van der Waals surface area contributed by atoms with Crippen LogP contribution in [0.1, 0.15) is 15.9 Å². The summed E-state index contributed by atoms with van der Waals surface area (Å²) in [5, 5.41) is 0. The third-order valence-electron chi connectivity index (χ3n) is 4.71. The van der Waals surface area contributed by atoms with Crippen molar-refractivity contribution in [3.63, 3.8) is 0 Å². The highest BCUT2D eigenvalue weighted by molar-refractivity contribution is 6.52. The number of amides is 1. The Morgan fingerprint density at radius 1 is 0.867 bits per heavy atom. The quantitative estimate of drug-likeness (QED) is 0.593. The number of carbonyl (C=O) groups excluding carboxylic acids is 2. The van der Waals surface area contributed by atoms with Crippen molar-refractivity contribution in [3.05, 3.63) is 77.9 Å². The maximum Gasteiger partial charge on any atom is 0.586 e. The number of carbonyl (C=O) groups is 2. The first kappa shape index (κ1) is 18.1. The average molecular weight is 409 g/mol. The summed E-state index contributed by atoms with van der Waals surface area (Å²) in [6.45, 7) is 0.0552. The summed E-state index contributed by atoms with van der Waals surface area (Å²) in [4.78, 5) is 26.1. The molecule has 6 nitrogen and oxygen atoms in total. The van der Waals surface area contributed by atoms with Crippen molar-refractivity contribution in [3.8, 4) is 23.0 Å². The van der Waals surface area contributed by atoms with Gasteiger partial charge in [0, 0.05) is 6.07 Å². The van der Waals surface area contributed by atoms with Crippen molar-refractivity contribution in [2.75, 3.05) is 4.90 Å². The first-order chi connectivity index (χ1) is 14.4. The SMILES string of the molecule is O=C1C(=O)N(Cc2cccc(Oc3ccccc3)c2)c2cc3c(cc21)OC(F)(F)O3. The number of hydrogen-bond acceptors (Lipinski definition) is 5. The van der Waals surface area contributed by atoms with E-state index in [0.717, 1.165) is 6.07 Å². The van der Waals surface area contributed by atoms with Crippen molar-refractivity contribution in [2.45, 2.75) is 12.8 Å². The summed E-state index contributed by atoms with van der Waals surface area (Å²) >= 11 is 0. The van der Waals surface area contributed by atoms with Gasteiger partial charge in [0.1, 0.15) is 11.5 Å². The third kappa shape index (κ3) is 3.12. The third-order valence-corrected chi connectivity index (χ3v) is 4.71. The molecule has 0 saturated carbocycles. The molecule has 5 rings (SSSR count). The highest BCUT2D eigenvalue weighted by atomic mass is 19.3. The van der Waals surface area contributed by atoms with Gasteiger partial charge >= 0.3 is 6.29 Å². The number of ketones is 1. The predicted molar refractivity (Wildman–Crippen MR) is 101 cm³/mol. The van der Waals surface area contributed by atoms with Crippen LogP contribution in [0.15, 0.2) is 66.7 Å². The molecule has 2 aliphatic rings. The fraction of sp³-hybridized carbons (Fsp3) is 0.0909. The number of alkyl halides is 2. The summed E-state index contributed by atoms with van der Waals surface area (Å²) < 4.78 is 41.3. The topological polar surface area (TPSA) is 65.1 Å². The zero-order valence-electron chi connectivity index (χ0n) is 15.3. The Bertz CT molecular complexity index is 1180. The van der Waals surface area contributed by atoms with E-state index >= 15 is 0 Å². The number of nitrogens with zero attached hydrogens (tertiary/aromatic N) is 1. The summed E-state index contributed by atoms with van der Waals surface area (Å²) in [7, 11) is 0. The highest BCUT2D eigenvalue weighted by Gasteiger charge is 2.46. The first-order valence-corrected chi connectivity index (χ1v) is 9.01. The first-order valence-electron chi connectivity index (χ1n) is 9.01. The summed E-state index contributed by atoms with van der Waals surface area (Å²) in [6, 6.07) is 18.6. The minimum absolute atomic E-state index is 0.00302. The fourth-order valence-corrected chi connectivity index (χ4v) is 3.41. The van der Waals surface area contributed by atoms with Gasteiger partial charge in [-0.1, -0.05) is 30.3 Å². The second-order valence-corrected chi connectivity index (χ2v) is 6.77. The number of hydrogen-bond donors (Lipinski definition) is 0. The van der Waals surface area contributed by atoms with Gasteiger partial charge in [0.2, 0.25) is 0 Å². The molecule has 2 heterocycles. The van der Waals surface area contributed by atoms with Gasteiger partial charge < -0.3 is 19.1 Å². The Balaban J connectivity index is 1.43. The Hall–Kier alpha value is -3.94. The number of rotatable bonds is 4. The molecule has 3 aromatic rings. The molecule has 0 saturated heterocycles. The summed E-state index contributed by atoms with van der Waals surface area (Å²) in [5.41, 5.74) is 0.886. The number of halogens is 2. The lowest BCUT2D eigenvalue weighted by atomic mass is 10.1. The zero-order valence-corrected chi connectivity index (χ0v) is 15.3.